The molecule has 10 heteroatoms. The summed E-state index contributed by atoms with van der Waals surface area (Å²) in [6, 6.07) is 11.4. The highest BCUT2D eigenvalue weighted by atomic mass is 32.2. The lowest BCUT2D eigenvalue weighted by atomic mass is 10.0. The number of amides is 2. The van der Waals surface area contributed by atoms with Crippen LogP contribution in [-0.4, -0.2) is 69.8 Å². The van der Waals surface area contributed by atoms with E-state index in [1.54, 1.807) is 4.90 Å². The monoisotopic (exact) mass is 473 g/mol. The van der Waals surface area contributed by atoms with E-state index >= 15 is 0 Å². The molecule has 2 aliphatic rings. The molecule has 1 N–H and O–H groups in total. The second-order valence-electron chi connectivity index (χ2n) is 8.15. The Balaban J connectivity index is 1.42. The van der Waals surface area contributed by atoms with Gasteiger partial charge in [-0.05, 0) is 48.7 Å². The largest absolute Gasteiger partial charge is 0.486 e. The molecule has 0 spiro atoms. The lowest BCUT2D eigenvalue weighted by molar-refractivity contribution is -0.131. The van der Waals surface area contributed by atoms with Gasteiger partial charge in [0.1, 0.15) is 13.2 Å². The molecule has 33 heavy (non-hydrogen) atoms. The average Bonchev–Trinajstić information content (AvgIpc) is 3.32. The van der Waals surface area contributed by atoms with Crippen LogP contribution in [0.15, 0.2) is 47.4 Å². The van der Waals surface area contributed by atoms with Crippen LogP contribution < -0.4 is 14.8 Å². The van der Waals surface area contributed by atoms with Crippen molar-refractivity contribution in [2.24, 2.45) is 0 Å². The van der Waals surface area contributed by atoms with E-state index < -0.39 is 15.9 Å². The van der Waals surface area contributed by atoms with Crippen LogP contribution >= 0.6 is 0 Å². The second kappa shape index (κ2) is 9.40. The summed E-state index contributed by atoms with van der Waals surface area (Å²) < 4.78 is 37.0. The van der Waals surface area contributed by atoms with Gasteiger partial charge in [0.25, 0.3) is 5.91 Å². The summed E-state index contributed by atoms with van der Waals surface area (Å²) in [5, 5.41) is 2.62. The molecule has 2 amide bonds. The van der Waals surface area contributed by atoms with E-state index in [-0.39, 0.29) is 29.0 Å². The first kappa shape index (κ1) is 23.1. The van der Waals surface area contributed by atoms with Gasteiger partial charge in [-0.3, -0.25) is 9.59 Å². The number of carbonyl (C=O) groups is 2. The summed E-state index contributed by atoms with van der Waals surface area (Å²) in [6.45, 7) is 1.44. The number of sulfonamides is 1. The third-order valence-electron chi connectivity index (χ3n) is 5.80. The standard InChI is InChI=1S/C23H27N3O6S/c1-25(2)33(29,30)18-6-3-5-17(13-18)23(28)24-15-22(27)26-10-4-7-19(26)16-8-9-20-21(14-16)32-12-11-31-20/h3,5-6,8-9,13-14,19H,4,7,10-12,15H2,1-2H3,(H,24,28). The molecule has 176 valence electrons. The summed E-state index contributed by atoms with van der Waals surface area (Å²) in [5.41, 5.74) is 1.15. The van der Waals surface area contributed by atoms with Crippen LogP contribution in [0.2, 0.25) is 0 Å². The van der Waals surface area contributed by atoms with E-state index in [1.165, 1.54) is 38.4 Å². The molecule has 0 aliphatic carbocycles. The van der Waals surface area contributed by atoms with Gasteiger partial charge in [-0.1, -0.05) is 12.1 Å². The number of rotatable bonds is 6. The van der Waals surface area contributed by atoms with Crippen molar-refractivity contribution in [3.05, 3.63) is 53.6 Å². The van der Waals surface area contributed by atoms with Gasteiger partial charge in [-0.15, -0.1) is 0 Å². The number of hydrogen-bond donors (Lipinski definition) is 1. The molecule has 2 aromatic rings. The molecule has 4 rings (SSSR count). The van der Waals surface area contributed by atoms with Crippen molar-refractivity contribution in [1.82, 2.24) is 14.5 Å². The van der Waals surface area contributed by atoms with Gasteiger partial charge in [-0.2, -0.15) is 0 Å². The van der Waals surface area contributed by atoms with Crippen LogP contribution in [0.3, 0.4) is 0 Å². The maximum atomic E-state index is 12.9. The molecule has 0 saturated carbocycles. The molecule has 1 fully saturated rings. The first-order chi connectivity index (χ1) is 15.8. The van der Waals surface area contributed by atoms with Gasteiger partial charge in [0.05, 0.1) is 17.5 Å². The quantitative estimate of drug-likeness (QED) is 0.686. The Kier molecular flexibility index (Phi) is 6.57. The zero-order valence-corrected chi connectivity index (χ0v) is 19.4. The molecule has 2 aliphatic heterocycles. The highest BCUT2D eigenvalue weighted by molar-refractivity contribution is 7.89. The zero-order chi connectivity index (χ0) is 23.6. The molecule has 2 heterocycles. The molecular formula is C23H27N3O6S. The Labute approximate surface area is 193 Å². The number of nitrogens with zero attached hydrogens (tertiary/aromatic N) is 2. The van der Waals surface area contributed by atoms with Crippen molar-refractivity contribution in [1.29, 1.82) is 0 Å². The van der Waals surface area contributed by atoms with E-state index in [9.17, 15) is 18.0 Å². The van der Waals surface area contributed by atoms with Crippen molar-refractivity contribution in [3.63, 3.8) is 0 Å². The van der Waals surface area contributed by atoms with Gasteiger partial charge in [-0.25, -0.2) is 12.7 Å². The first-order valence-corrected chi connectivity index (χ1v) is 12.2. The van der Waals surface area contributed by atoms with Gasteiger partial charge >= 0.3 is 0 Å². The second-order valence-corrected chi connectivity index (χ2v) is 10.3. The number of benzene rings is 2. The SMILES string of the molecule is CN(C)S(=O)(=O)c1cccc(C(=O)NCC(=O)N2CCCC2c2ccc3c(c2)OCCO3)c1. The van der Waals surface area contributed by atoms with Crippen molar-refractivity contribution >= 4 is 21.8 Å². The number of likely N-dealkylation sites (tertiary alicyclic amines) is 1. The van der Waals surface area contributed by atoms with Crippen molar-refractivity contribution in [3.8, 4) is 11.5 Å². The molecular weight excluding hydrogens is 446 g/mol. The summed E-state index contributed by atoms with van der Waals surface area (Å²) in [5.74, 6) is 0.678. The minimum Gasteiger partial charge on any atom is -0.486 e. The van der Waals surface area contributed by atoms with Crippen molar-refractivity contribution in [2.75, 3.05) is 40.4 Å². The Morgan fingerprint density at radius 1 is 1.09 bits per heavy atom. The van der Waals surface area contributed by atoms with Crippen LogP contribution in [0.4, 0.5) is 0 Å². The Morgan fingerprint density at radius 3 is 2.61 bits per heavy atom. The molecule has 1 saturated heterocycles. The topological polar surface area (TPSA) is 105 Å². The molecule has 2 aromatic carbocycles. The molecule has 9 nitrogen and oxygen atoms in total. The smallest absolute Gasteiger partial charge is 0.251 e. The van der Waals surface area contributed by atoms with Crippen LogP contribution in [0.1, 0.15) is 34.8 Å². The van der Waals surface area contributed by atoms with E-state index in [0.717, 1.165) is 22.7 Å². The Bertz CT molecular complexity index is 1160. The zero-order valence-electron chi connectivity index (χ0n) is 18.6. The lowest BCUT2D eigenvalue weighted by Crippen LogP contribution is -2.40. The fourth-order valence-electron chi connectivity index (χ4n) is 4.05. The van der Waals surface area contributed by atoms with E-state index in [2.05, 4.69) is 5.32 Å². The minimum absolute atomic E-state index is 0.0182. The van der Waals surface area contributed by atoms with Crippen LogP contribution in [-0.2, 0) is 14.8 Å². The van der Waals surface area contributed by atoms with Crippen molar-refractivity contribution in [2.45, 2.75) is 23.8 Å². The summed E-state index contributed by atoms with van der Waals surface area (Å²) in [4.78, 5) is 27.3. The van der Waals surface area contributed by atoms with E-state index in [1.807, 2.05) is 18.2 Å². The predicted molar refractivity (Wildman–Crippen MR) is 121 cm³/mol. The average molecular weight is 474 g/mol. The molecule has 0 aromatic heterocycles. The number of ether oxygens (including phenoxy) is 2. The Hall–Kier alpha value is -3.11. The number of fused-ring (bicyclic) bond motifs is 1. The highest BCUT2D eigenvalue weighted by Crippen LogP contribution is 2.38. The maximum Gasteiger partial charge on any atom is 0.251 e. The molecule has 0 bridgehead atoms. The normalized spacial score (nSPS) is 17.8. The first-order valence-electron chi connectivity index (χ1n) is 10.8. The van der Waals surface area contributed by atoms with Gasteiger partial charge in [0.15, 0.2) is 11.5 Å². The van der Waals surface area contributed by atoms with E-state index in [0.29, 0.717) is 31.3 Å². The fourth-order valence-corrected chi connectivity index (χ4v) is 5.00. The summed E-state index contributed by atoms with van der Waals surface area (Å²) in [6.07, 6.45) is 1.69. The minimum atomic E-state index is -3.66. The molecule has 1 unspecified atom stereocenters. The summed E-state index contributed by atoms with van der Waals surface area (Å²) >= 11 is 0. The highest BCUT2D eigenvalue weighted by Gasteiger charge is 2.31. The summed E-state index contributed by atoms with van der Waals surface area (Å²) in [7, 11) is -0.812. The number of carbonyl (C=O) groups excluding carboxylic acids is 2. The van der Waals surface area contributed by atoms with E-state index in [4.69, 9.17) is 9.47 Å². The maximum absolute atomic E-state index is 12.9. The molecule has 0 radical (unpaired) electrons. The lowest BCUT2D eigenvalue weighted by Gasteiger charge is -2.27. The van der Waals surface area contributed by atoms with Crippen molar-refractivity contribution < 1.29 is 27.5 Å². The third-order valence-corrected chi connectivity index (χ3v) is 7.61. The Morgan fingerprint density at radius 2 is 1.85 bits per heavy atom. The van der Waals surface area contributed by atoms with Crippen LogP contribution in [0.25, 0.3) is 0 Å². The fraction of sp³-hybridized carbons (Fsp3) is 0.391. The molecule has 1 atom stereocenters. The predicted octanol–water partition coefficient (Wildman–Crippen LogP) is 1.80. The van der Waals surface area contributed by atoms with Gasteiger partial charge < -0.3 is 19.7 Å². The number of nitrogens with one attached hydrogen (secondary N) is 1. The van der Waals surface area contributed by atoms with Gasteiger partial charge in [0.2, 0.25) is 15.9 Å². The number of hydrogen-bond acceptors (Lipinski definition) is 6. The van der Waals surface area contributed by atoms with Crippen LogP contribution in [0, 0.1) is 0 Å². The van der Waals surface area contributed by atoms with Gasteiger partial charge in [0, 0.05) is 26.2 Å². The van der Waals surface area contributed by atoms with Crippen LogP contribution in [0.5, 0.6) is 11.5 Å². The third kappa shape index (κ3) is 4.81.